The molecule has 1 fully saturated rings. The van der Waals surface area contributed by atoms with Gasteiger partial charge >= 0.3 is 0 Å². The zero-order chi connectivity index (χ0) is 21.1. The van der Waals surface area contributed by atoms with Crippen molar-refractivity contribution in [3.63, 3.8) is 0 Å². The van der Waals surface area contributed by atoms with Crippen molar-refractivity contribution in [3.8, 4) is 0 Å². The number of hydrogen-bond donors (Lipinski definition) is 1. The summed E-state index contributed by atoms with van der Waals surface area (Å²) in [5.74, 6) is -1.09. The van der Waals surface area contributed by atoms with Gasteiger partial charge in [0.1, 0.15) is 5.82 Å². The van der Waals surface area contributed by atoms with Crippen LogP contribution in [0.3, 0.4) is 0 Å². The number of halogens is 1. The molecule has 2 aromatic carbocycles. The summed E-state index contributed by atoms with van der Waals surface area (Å²) in [5, 5.41) is 13.5. The molecule has 2 amide bonds. The zero-order valence-corrected chi connectivity index (χ0v) is 16.1. The summed E-state index contributed by atoms with van der Waals surface area (Å²) in [4.78, 5) is 38.9. The Hall–Kier alpha value is -3.49. The average molecular weight is 400 g/mol. The van der Waals surface area contributed by atoms with E-state index >= 15 is 0 Å². The van der Waals surface area contributed by atoms with Crippen molar-refractivity contribution < 1.29 is 18.9 Å². The van der Waals surface area contributed by atoms with Gasteiger partial charge in [0.15, 0.2) is 0 Å². The van der Waals surface area contributed by atoms with Crippen LogP contribution in [-0.2, 0) is 0 Å². The standard InChI is InChI=1S/C20H21FN4O4/c1-13-3-4-14(11-17(13)21)20(27)24-9-7-23(8-10-24)18-6-5-15(25(28)29)12-16(18)19(26)22-2/h3-6,11-12H,7-10H2,1-2H3,(H,22,26). The van der Waals surface area contributed by atoms with Gasteiger partial charge in [-0.15, -0.1) is 0 Å². The third kappa shape index (κ3) is 4.18. The number of nitro benzene ring substituents is 1. The Morgan fingerprint density at radius 1 is 1.10 bits per heavy atom. The monoisotopic (exact) mass is 400 g/mol. The largest absolute Gasteiger partial charge is 0.367 e. The van der Waals surface area contributed by atoms with Gasteiger partial charge in [0.25, 0.3) is 17.5 Å². The molecule has 29 heavy (non-hydrogen) atoms. The van der Waals surface area contributed by atoms with Gasteiger partial charge in [-0.2, -0.15) is 0 Å². The summed E-state index contributed by atoms with van der Waals surface area (Å²) < 4.78 is 13.8. The molecule has 0 saturated carbocycles. The predicted molar refractivity (Wildman–Crippen MR) is 106 cm³/mol. The van der Waals surface area contributed by atoms with Crippen molar-refractivity contribution >= 4 is 23.2 Å². The molecule has 1 aliphatic rings. The lowest BCUT2D eigenvalue weighted by Gasteiger charge is -2.36. The Kier molecular flexibility index (Phi) is 5.76. The zero-order valence-electron chi connectivity index (χ0n) is 16.1. The number of nitro groups is 1. The molecule has 0 bridgehead atoms. The highest BCUT2D eigenvalue weighted by Crippen LogP contribution is 2.27. The van der Waals surface area contributed by atoms with Gasteiger partial charge in [0.05, 0.1) is 16.2 Å². The van der Waals surface area contributed by atoms with Crippen LogP contribution >= 0.6 is 0 Å². The summed E-state index contributed by atoms with van der Waals surface area (Å²) in [6.07, 6.45) is 0. The number of aryl methyl sites for hydroxylation is 1. The van der Waals surface area contributed by atoms with Crippen molar-refractivity contribution in [3.05, 3.63) is 69.0 Å². The molecule has 3 rings (SSSR count). The first kappa shape index (κ1) is 20.2. The summed E-state index contributed by atoms with van der Waals surface area (Å²) in [6.45, 7) is 3.30. The van der Waals surface area contributed by atoms with Gasteiger partial charge in [-0.05, 0) is 30.7 Å². The topological polar surface area (TPSA) is 95.8 Å². The number of non-ortho nitro benzene ring substituents is 1. The Morgan fingerprint density at radius 3 is 2.38 bits per heavy atom. The van der Waals surface area contributed by atoms with Crippen molar-refractivity contribution in [2.75, 3.05) is 38.1 Å². The second-order valence-corrected chi connectivity index (χ2v) is 6.78. The van der Waals surface area contributed by atoms with Crippen LogP contribution in [0.1, 0.15) is 26.3 Å². The van der Waals surface area contributed by atoms with Crippen LogP contribution < -0.4 is 10.2 Å². The number of piperazine rings is 1. The lowest BCUT2D eigenvalue weighted by Crippen LogP contribution is -2.49. The van der Waals surface area contributed by atoms with E-state index < -0.39 is 16.6 Å². The average Bonchev–Trinajstić information content (AvgIpc) is 2.74. The molecule has 0 unspecified atom stereocenters. The summed E-state index contributed by atoms with van der Waals surface area (Å²) in [7, 11) is 1.46. The molecule has 2 aromatic rings. The third-order valence-corrected chi connectivity index (χ3v) is 4.99. The molecule has 0 aliphatic carbocycles. The Bertz CT molecular complexity index is 971. The van der Waals surface area contributed by atoms with Crippen molar-refractivity contribution in [2.45, 2.75) is 6.92 Å². The molecule has 0 radical (unpaired) electrons. The first-order valence-corrected chi connectivity index (χ1v) is 9.12. The molecule has 1 saturated heterocycles. The van der Waals surface area contributed by atoms with Crippen LogP contribution in [0.5, 0.6) is 0 Å². The lowest BCUT2D eigenvalue weighted by atomic mass is 10.1. The van der Waals surface area contributed by atoms with Crippen molar-refractivity contribution in [2.24, 2.45) is 0 Å². The van der Waals surface area contributed by atoms with Crippen molar-refractivity contribution in [1.82, 2.24) is 10.2 Å². The third-order valence-electron chi connectivity index (χ3n) is 4.99. The minimum absolute atomic E-state index is 0.164. The van der Waals surface area contributed by atoms with Crippen LogP contribution in [0.25, 0.3) is 0 Å². The van der Waals surface area contributed by atoms with Gasteiger partial charge < -0.3 is 15.1 Å². The minimum Gasteiger partial charge on any atom is -0.367 e. The van der Waals surface area contributed by atoms with Gasteiger partial charge in [-0.3, -0.25) is 19.7 Å². The van der Waals surface area contributed by atoms with E-state index in [4.69, 9.17) is 0 Å². The van der Waals surface area contributed by atoms with E-state index in [-0.39, 0.29) is 17.2 Å². The number of benzene rings is 2. The van der Waals surface area contributed by atoms with E-state index in [1.54, 1.807) is 30.0 Å². The van der Waals surface area contributed by atoms with Crippen LogP contribution in [0.15, 0.2) is 36.4 Å². The van der Waals surface area contributed by atoms with Gasteiger partial charge in [0, 0.05) is 50.9 Å². The minimum atomic E-state index is -0.548. The number of rotatable bonds is 4. The molecule has 0 spiro atoms. The summed E-state index contributed by atoms with van der Waals surface area (Å²) >= 11 is 0. The van der Waals surface area contributed by atoms with Gasteiger partial charge in [-0.25, -0.2) is 4.39 Å². The number of carbonyl (C=O) groups excluding carboxylic acids is 2. The normalized spacial score (nSPS) is 13.9. The lowest BCUT2D eigenvalue weighted by molar-refractivity contribution is -0.384. The quantitative estimate of drug-likeness (QED) is 0.628. The molecule has 1 heterocycles. The molecule has 1 N–H and O–H groups in total. The number of hydrogen-bond acceptors (Lipinski definition) is 5. The van der Waals surface area contributed by atoms with Crippen LogP contribution in [0.4, 0.5) is 15.8 Å². The van der Waals surface area contributed by atoms with E-state index in [1.165, 1.54) is 25.2 Å². The molecule has 152 valence electrons. The van der Waals surface area contributed by atoms with Crippen LogP contribution in [0.2, 0.25) is 0 Å². The molecular formula is C20H21FN4O4. The maximum Gasteiger partial charge on any atom is 0.270 e. The van der Waals surface area contributed by atoms with E-state index in [0.717, 1.165) is 0 Å². The Balaban J connectivity index is 1.76. The second-order valence-electron chi connectivity index (χ2n) is 6.78. The maximum absolute atomic E-state index is 13.8. The fourth-order valence-electron chi connectivity index (χ4n) is 3.29. The van der Waals surface area contributed by atoms with E-state index in [2.05, 4.69) is 5.32 Å². The second kappa shape index (κ2) is 8.26. The first-order valence-electron chi connectivity index (χ1n) is 9.12. The molecule has 0 aromatic heterocycles. The first-order chi connectivity index (χ1) is 13.8. The van der Waals surface area contributed by atoms with E-state index in [9.17, 15) is 24.1 Å². The highest BCUT2D eigenvalue weighted by molar-refractivity contribution is 6.00. The predicted octanol–water partition coefficient (Wildman–Crippen LogP) is 2.36. The van der Waals surface area contributed by atoms with Gasteiger partial charge in [-0.1, -0.05) is 6.07 Å². The number of anilines is 1. The SMILES string of the molecule is CNC(=O)c1cc([N+](=O)[O-])ccc1N1CCN(C(=O)c2ccc(C)c(F)c2)CC1. The van der Waals surface area contributed by atoms with Gasteiger partial charge in [0.2, 0.25) is 0 Å². The number of amides is 2. The number of nitrogens with zero attached hydrogens (tertiary/aromatic N) is 3. The van der Waals surface area contributed by atoms with E-state index in [1.807, 2.05) is 4.90 Å². The summed E-state index contributed by atoms with van der Waals surface area (Å²) in [5.41, 5.74) is 1.39. The number of nitrogens with one attached hydrogen (secondary N) is 1. The molecule has 1 aliphatic heterocycles. The summed E-state index contributed by atoms with van der Waals surface area (Å²) in [6, 6.07) is 8.58. The van der Waals surface area contributed by atoms with E-state index in [0.29, 0.717) is 43.0 Å². The fourth-order valence-corrected chi connectivity index (χ4v) is 3.29. The molecule has 8 nitrogen and oxygen atoms in total. The van der Waals surface area contributed by atoms with Crippen LogP contribution in [-0.4, -0.2) is 54.9 Å². The molecular weight excluding hydrogens is 379 g/mol. The highest BCUT2D eigenvalue weighted by Gasteiger charge is 2.26. The maximum atomic E-state index is 13.8. The van der Waals surface area contributed by atoms with Crippen molar-refractivity contribution in [1.29, 1.82) is 0 Å². The fraction of sp³-hybridized carbons (Fsp3) is 0.300. The van der Waals surface area contributed by atoms with Crippen LogP contribution in [0, 0.1) is 22.9 Å². The molecule has 0 atom stereocenters. The Morgan fingerprint density at radius 2 is 1.79 bits per heavy atom. The number of carbonyl (C=O) groups is 2. The smallest absolute Gasteiger partial charge is 0.270 e. The highest BCUT2D eigenvalue weighted by atomic mass is 19.1. The Labute approximate surface area is 167 Å². The molecule has 9 heteroatoms.